The maximum atomic E-state index is 13.6. The molecule has 0 N–H and O–H groups in total. The van der Waals surface area contributed by atoms with Crippen molar-refractivity contribution in [2.75, 3.05) is 11.6 Å². The predicted octanol–water partition coefficient (Wildman–Crippen LogP) is 5.01. The van der Waals surface area contributed by atoms with E-state index in [1.165, 1.54) is 12.1 Å². The minimum absolute atomic E-state index is 0.0588. The Hall–Kier alpha value is -3.98. The Balaban J connectivity index is 1.57. The second-order valence-corrected chi connectivity index (χ2v) is 7.89. The molecule has 0 spiro atoms. The third kappa shape index (κ3) is 3.32. The summed E-state index contributed by atoms with van der Waals surface area (Å²) in [7, 11) is 0. The van der Waals surface area contributed by atoms with E-state index in [1.807, 2.05) is 29.3 Å². The highest BCUT2D eigenvalue weighted by Crippen LogP contribution is 2.46. The molecule has 32 heavy (non-hydrogen) atoms. The standard InChI is InChI=1S/C26H20FN3O2/c1-2-32-26(31)18-7-12-22-19(13-18)14-23-24(22)29-30(21-10-3-16(15-28)4-11-21)25(23)17-5-8-20(27)9-6-17/h3-13,23,25H,2,14H2,1H3/t23-,25-/m0/s1. The molecule has 0 fully saturated rings. The fourth-order valence-corrected chi connectivity index (χ4v) is 4.57. The Morgan fingerprint density at radius 3 is 2.59 bits per heavy atom. The third-order valence-corrected chi connectivity index (χ3v) is 6.02. The second-order valence-electron chi connectivity index (χ2n) is 7.89. The lowest BCUT2D eigenvalue weighted by Crippen LogP contribution is -2.25. The van der Waals surface area contributed by atoms with Crippen LogP contribution in [0.1, 0.15) is 45.6 Å². The van der Waals surface area contributed by atoms with Gasteiger partial charge >= 0.3 is 5.97 Å². The topological polar surface area (TPSA) is 65.7 Å². The molecule has 5 rings (SSSR count). The van der Waals surface area contributed by atoms with Gasteiger partial charge in [-0.25, -0.2) is 9.18 Å². The summed E-state index contributed by atoms with van der Waals surface area (Å²) in [5.74, 6) is -0.557. The summed E-state index contributed by atoms with van der Waals surface area (Å²) in [6.07, 6.45) is 0.718. The molecular weight excluding hydrogens is 405 g/mol. The monoisotopic (exact) mass is 425 g/mol. The third-order valence-electron chi connectivity index (χ3n) is 6.02. The van der Waals surface area contributed by atoms with Crippen LogP contribution in [0.15, 0.2) is 71.8 Å². The molecule has 0 amide bonds. The number of halogens is 1. The highest BCUT2D eigenvalue weighted by Gasteiger charge is 2.44. The smallest absolute Gasteiger partial charge is 0.338 e. The van der Waals surface area contributed by atoms with E-state index in [0.717, 1.165) is 34.5 Å². The molecule has 2 aliphatic rings. The van der Waals surface area contributed by atoms with Crippen molar-refractivity contribution in [2.45, 2.75) is 19.4 Å². The Kier molecular flexibility index (Phi) is 4.95. The number of nitriles is 1. The van der Waals surface area contributed by atoms with E-state index in [4.69, 9.17) is 15.1 Å². The van der Waals surface area contributed by atoms with Gasteiger partial charge in [-0.2, -0.15) is 10.4 Å². The van der Waals surface area contributed by atoms with Crippen LogP contribution >= 0.6 is 0 Å². The lowest BCUT2D eigenvalue weighted by Gasteiger charge is -2.28. The lowest BCUT2D eigenvalue weighted by atomic mass is 9.90. The van der Waals surface area contributed by atoms with E-state index in [1.54, 1.807) is 37.3 Å². The highest BCUT2D eigenvalue weighted by molar-refractivity contribution is 6.09. The number of anilines is 1. The molecule has 1 heterocycles. The Morgan fingerprint density at radius 2 is 1.91 bits per heavy atom. The largest absolute Gasteiger partial charge is 0.462 e. The molecule has 0 saturated carbocycles. The van der Waals surface area contributed by atoms with Crippen LogP contribution in [0.4, 0.5) is 10.1 Å². The van der Waals surface area contributed by atoms with Crippen LogP contribution in [0.2, 0.25) is 0 Å². The van der Waals surface area contributed by atoms with E-state index in [-0.39, 0.29) is 23.7 Å². The number of benzene rings is 3. The zero-order valence-electron chi connectivity index (χ0n) is 17.5. The first-order chi connectivity index (χ1) is 15.6. The Morgan fingerprint density at radius 1 is 1.16 bits per heavy atom. The number of hydrogen-bond acceptors (Lipinski definition) is 5. The number of nitrogens with zero attached hydrogens (tertiary/aromatic N) is 3. The van der Waals surface area contributed by atoms with Crippen molar-refractivity contribution in [3.8, 4) is 6.07 Å². The zero-order valence-corrected chi connectivity index (χ0v) is 17.5. The van der Waals surface area contributed by atoms with Gasteiger partial charge in [0.25, 0.3) is 0 Å². The van der Waals surface area contributed by atoms with Gasteiger partial charge in [-0.1, -0.05) is 18.2 Å². The van der Waals surface area contributed by atoms with E-state index >= 15 is 0 Å². The van der Waals surface area contributed by atoms with Crippen molar-refractivity contribution >= 4 is 17.4 Å². The summed E-state index contributed by atoms with van der Waals surface area (Å²) in [5, 5.41) is 16.0. The van der Waals surface area contributed by atoms with E-state index in [9.17, 15) is 9.18 Å². The van der Waals surface area contributed by atoms with Crippen LogP contribution in [0.5, 0.6) is 0 Å². The van der Waals surface area contributed by atoms with Crippen molar-refractivity contribution < 1.29 is 13.9 Å². The molecule has 0 bridgehead atoms. The Labute approximate surface area is 185 Å². The molecule has 0 radical (unpaired) electrons. The fourth-order valence-electron chi connectivity index (χ4n) is 4.57. The average molecular weight is 425 g/mol. The van der Waals surface area contributed by atoms with Crippen LogP contribution in [-0.2, 0) is 11.2 Å². The summed E-state index contributed by atoms with van der Waals surface area (Å²) < 4.78 is 18.8. The highest BCUT2D eigenvalue weighted by atomic mass is 19.1. The molecule has 1 aliphatic heterocycles. The lowest BCUT2D eigenvalue weighted by molar-refractivity contribution is 0.0526. The van der Waals surface area contributed by atoms with Gasteiger partial charge in [0.1, 0.15) is 5.82 Å². The first-order valence-corrected chi connectivity index (χ1v) is 10.5. The molecular formula is C26H20FN3O2. The quantitative estimate of drug-likeness (QED) is 0.551. The van der Waals surface area contributed by atoms with Gasteiger partial charge in [0, 0.05) is 11.5 Å². The molecule has 0 saturated heterocycles. The molecule has 0 aromatic heterocycles. The van der Waals surface area contributed by atoms with E-state index in [2.05, 4.69) is 6.07 Å². The van der Waals surface area contributed by atoms with Gasteiger partial charge in [0.05, 0.1) is 41.2 Å². The van der Waals surface area contributed by atoms with Crippen LogP contribution < -0.4 is 5.01 Å². The molecule has 0 unspecified atom stereocenters. The maximum absolute atomic E-state index is 13.6. The van der Waals surface area contributed by atoms with Crippen molar-refractivity contribution in [3.63, 3.8) is 0 Å². The van der Waals surface area contributed by atoms with E-state index < -0.39 is 0 Å². The molecule has 6 heteroatoms. The predicted molar refractivity (Wildman–Crippen MR) is 119 cm³/mol. The number of esters is 1. The van der Waals surface area contributed by atoms with Crippen LogP contribution in [0, 0.1) is 23.1 Å². The molecule has 1 aliphatic carbocycles. The van der Waals surface area contributed by atoms with Crippen molar-refractivity contribution in [1.29, 1.82) is 5.26 Å². The molecule has 158 valence electrons. The Bertz CT molecular complexity index is 1260. The second kappa shape index (κ2) is 7.93. The number of hydrazone groups is 1. The minimum Gasteiger partial charge on any atom is -0.462 e. The number of fused-ring (bicyclic) bond motifs is 3. The normalized spacial score (nSPS) is 18.5. The summed E-state index contributed by atoms with van der Waals surface area (Å²) in [6.45, 7) is 2.12. The first-order valence-electron chi connectivity index (χ1n) is 10.5. The number of rotatable bonds is 4. The van der Waals surface area contributed by atoms with Gasteiger partial charge in [0.15, 0.2) is 0 Å². The van der Waals surface area contributed by atoms with Crippen molar-refractivity contribution in [2.24, 2.45) is 11.0 Å². The van der Waals surface area contributed by atoms with E-state index in [0.29, 0.717) is 17.7 Å². The van der Waals surface area contributed by atoms with Crippen LogP contribution in [0.3, 0.4) is 0 Å². The van der Waals surface area contributed by atoms with Gasteiger partial charge in [-0.15, -0.1) is 0 Å². The number of ether oxygens (including phenoxy) is 1. The fraction of sp³-hybridized carbons (Fsp3) is 0.192. The number of carbonyl (C=O) groups is 1. The first kappa shape index (κ1) is 20.0. The minimum atomic E-state index is -0.330. The molecule has 3 aromatic carbocycles. The average Bonchev–Trinajstić information content (AvgIpc) is 3.35. The maximum Gasteiger partial charge on any atom is 0.338 e. The summed E-state index contributed by atoms with van der Waals surface area (Å²) in [5.41, 5.74) is 5.97. The number of hydrogen-bond donors (Lipinski definition) is 0. The van der Waals surface area contributed by atoms with Gasteiger partial charge < -0.3 is 4.74 Å². The number of carbonyl (C=O) groups excluding carboxylic acids is 1. The van der Waals surface area contributed by atoms with Crippen molar-refractivity contribution in [3.05, 3.63) is 100 Å². The van der Waals surface area contributed by atoms with Crippen molar-refractivity contribution in [1.82, 2.24) is 0 Å². The summed E-state index contributed by atoms with van der Waals surface area (Å²) >= 11 is 0. The van der Waals surface area contributed by atoms with Gasteiger partial charge in [-0.05, 0) is 73.0 Å². The molecule has 3 aromatic rings. The molecule has 5 nitrogen and oxygen atoms in total. The summed E-state index contributed by atoms with van der Waals surface area (Å²) in [6, 6.07) is 21.4. The molecule has 2 atom stereocenters. The van der Waals surface area contributed by atoms with Gasteiger partial charge in [-0.3, -0.25) is 5.01 Å². The van der Waals surface area contributed by atoms with Gasteiger partial charge in [0.2, 0.25) is 0 Å². The summed E-state index contributed by atoms with van der Waals surface area (Å²) in [4.78, 5) is 12.2. The van der Waals surface area contributed by atoms with Crippen LogP contribution in [-0.4, -0.2) is 18.3 Å². The SMILES string of the molecule is CCOC(=O)c1ccc2c(c1)C[C@H]1C2=NN(c2ccc(C#N)cc2)[C@H]1c1ccc(F)cc1. The van der Waals surface area contributed by atoms with Crippen LogP contribution in [0.25, 0.3) is 0 Å². The zero-order chi connectivity index (χ0) is 22.2.